The number of nitro groups is 1. The average Bonchev–Trinajstić information content (AvgIpc) is 2.80. The molecule has 80 valence electrons. The zero-order chi connectivity index (χ0) is 11.4. The van der Waals surface area contributed by atoms with E-state index < -0.39 is 4.92 Å². The quantitative estimate of drug-likeness (QED) is 0.627. The predicted molar refractivity (Wildman–Crippen MR) is 58.4 cm³/mol. The van der Waals surface area contributed by atoms with Gasteiger partial charge in [-0.05, 0) is 23.8 Å². The van der Waals surface area contributed by atoms with Crippen LogP contribution in [-0.2, 0) is 0 Å². The monoisotopic (exact) mass is 216 g/mol. The summed E-state index contributed by atoms with van der Waals surface area (Å²) in [4.78, 5) is 13.9. The van der Waals surface area contributed by atoms with Crippen LogP contribution < -0.4 is 0 Å². The van der Waals surface area contributed by atoms with Crippen molar-refractivity contribution in [1.29, 1.82) is 0 Å². The van der Waals surface area contributed by atoms with Gasteiger partial charge in [-0.2, -0.15) is 5.10 Å². The fourth-order valence-electron chi connectivity index (χ4n) is 1.18. The van der Waals surface area contributed by atoms with E-state index in [1.165, 1.54) is 18.5 Å². The lowest BCUT2D eigenvalue weighted by Crippen LogP contribution is -1.86. The van der Waals surface area contributed by atoms with Crippen molar-refractivity contribution >= 4 is 17.8 Å². The van der Waals surface area contributed by atoms with Gasteiger partial charge in [-0.25, -0.2) is 4.98 Å². The number of benzene rings is 1. The Morgan fingerprint density at radius 2 is 2.00 bits per heavy atom. The number of hydrogen-bond donors (Lipinski definition) is 1. The summed E-state index contributed by atoms with van der Waals surface area (Å²) in [6.45, 7) is 0. The number of hydrogen-bond acceptors (Lipinski definition) is 4. The number of aromatic nitrogens is 3. The maximum Gasteiger partial charge on any atom is 0.269 e. The van der Waals surface area contributed by atoms with Gasteiger partial charge >= 0.3 is 0 Å². The van der Waals surface area contributed by atoms with E-state index in [9.17, 15) is 10.1 Å². The van der Waals surface area contributed by atoms with Gasteiger partial charge in [0.25, 0.3) is 5.69 Å². The molecule has 6 heteroatoms. The van der Waals surface area contributed by atoms with E-state index in [1.54, 1.807) is 24.3 Å². The van der Waals surface area contributed by atoms with E-state index in [-0.39, 0.29) is 5.69 Å². The molecule has 0 aliphatic carbocycles. The van der Waals surface area contributed by atoms with Crippen LogP contribution in [0.3, 0.4) is 0 Å². The topological polar surface area (TPSA) is 84.7 Å². The fraction of sp³-hybridized carbons (Fsp3) is 0. The lowest BCUT2D eigenvalue weighted by Gasteiger charge is -1.92. The van der Waals surface area contributed by atoms with Crippen LogP contribution >= 0.6 is 0 Å². The smallest absolute Gasteiger partial charge is 0.266 e. The van der Waals surface area contributed by atoms with Gasteiger partial charge in [-0.1, -0.05) is 6.08 Å². The summed E-state index contributed by atoms with van der Waals surface area (Å²) in [5, 5.41) is 16.9. The first-order valence-electron chi connectivity index (χ1n) is 4.54. The molecular weight excluding hydrogens is 208 g/mol. The molecule has 0 bridgehead atoms. The maximum absolute atomic E-state index is 10.4. The molecule has 1 heterocycles. The lowest BCUT2D eigenvalue weighted by molar-refractivity contribution is -0.384. The highest BCUT2D eigenvalue weighted by Crippen LogP contribution is 2.13. The Morgan fingerprint density at radius 1 is 1.25 bits per heavy atom. The Kier molecular flexibility index (Phi) is 2.73. The molecule has 0 saturated heterocycles. The van der Waals surface area contributed by atoms with Crippen LogP contribution in [0.1, 0.15) is 11.4 Å². The zero-order valence-corrected chi connectivity index (χ0v) is 8.20. The van der Waals surface area contributed by atoms with Crippen LogP contribution in [0, 0.1) is 10.1 Å². The lowest BCUT2D eigenvalue weighted by atomic mass is 10.2. The molecule has 0 unspecified atom stereocenters. The number of rotatable bonds is 3. The Bertz CT molecular complexity index is 502. The highest BCUT2D eigenvalue weighted by Gasteiger charge is 2.02. The molecule has 6 nitrogen and oxygen atoms in total. The molecule has 16 heavy (non-hydrogen) atoms. The summed E-state index contributed by atoms with van der Waals surface area (Å²) >= 11 is 0. The van der Waals surface area contributed by atoms with Gasteiger partial charge in [-0.3, -0.25) is 15.2 Å². The molecule has 0 aliphatic heterocycles. The first-order valence-corrected chi connectivity index (χ1v) is 4.54. The first-order chi connectivity index (χ1) is 7.75. The maximum atomic E-state index is 10.4. The SMILES string of the molecule is O=[N+]([O-])c1ccc(/C=C/c2nc[nH]n2)cc1. The molecule has 0 radical (unpaired) electrons. The van der Waals surface area contributed by atoms with Crippen LogP contribution in [0.5, 0.6) is 0 Å². The van der Waals surface area contributed by atoms with E-state index in [0.717, 1.165) is 5.56 Å². The van der Waals surface area contributed by atoms with Crippen molar-refractivity contribution in [2.75, 3.05) is 0 Å². The summed E-state index contributed by atoms with van der Waals surface area (Å²) in [5.74, 6) is 0.568. The number of nitro benzene ring substituents is 1. The molecule has 0 aliphatic rings. The molecule has 0 spiro atoms. The number of non-ortho nitro benzene ring substituents is 1. The van der Waals surface area contributed by atoms with Gasteiger partial charge in [0.1, 0.15) is 6.33 Å². The van der Waals surface area contributed by atoms with E-state index in [2.05, 4.69) is 15.2 Å². The third kappa shape index (κ3) is 2.30. The molecule has 2 rings (SSSR count). The minimum absolute atomic E-state index is 0.0787. The second-order valence-electron chi connectivity index (χ2n) is 3.04. The summed E-state index contributed by atoms with van der Waals surface area (Å²) in [7, 11) is 0. The average molecular weight is 216 g/mol. The summed E-state index contributed by atoms with van der Waals surface area (Å²) in [5.41, 5.74) is 0.936. The van der Waals surface area contributed by atoms with Crippen LogP contribution in [0.4, 0.5) is 5.69 Å². The van der Waals surface area contributed by atoms with Crippen molar-refractivity contribution in [3.63, 3.8) is 0 Å². The van der Waals surface area contributed by atoms with Gasteiger partial charge in [0.05, 0.1) is 4.92 Å². The molecule has 1 N–H and O–H groups in total. The van der Waals surface area contributed by atoms with Gasteiger partial charge in [0, 0.05) is 12.1 Å². The van der Waals surface area contributed by atoms with Crippen molar-refractivity contribution in [3.05, 3.63) is 52.1 Å². The standard InChI is InChI=1S/C10H8N4O2/c15-14(16)9-4-1-8(2-5-9)3-6-10-11-7-12-13-10/h1-7H,(H,11,12,13)/b6-3+. The van der Waals surface area contributed by atoms with Crippen LogP contribution in [-0.4, -0.2) is 20.1 Å². The highest BCUT2D eigenvalue weighted by molar-refractivity contribution is 5.66. The van der Waals surface area contributed by atoms with Crippen molar-refractivity contribution in [1.82, 2.24) is 15.2 Å². The highest BCUT2D eigenvalue weighted by atomic mass is 16.6. The minimum Gasteiger partial charge on any atom is -0.266 e. The number of nitrogens with one attached hydrogen (secondary N) is 1. The molecule has 0 amide bonds. The van der Waals surface area contributed by atoms with E-state index in [4.69, 9.17) is 0 Å². The number of nitrogens with zero attached hydrogens (tertiary/aromatic N) is 3. The number of H-pyrrole nitrogens is 1. The molecular formula is C10H8N4O2. The summed E-state index contributed by atoms with van der Waals surface area (Å²) < 4.78 is 0. The molecule has 0 atom stereocenters. The normalized spacial score (nSPS) is 10.8. The van der Waals surface area contributed by atoms with Crippen LogP contribution in [0.2, 0.25) is 0 Å². The first kappa shape index (κ1) is 10.0. The van der Waals surface area contributed by atoms with Crippen molar-refractivity contribution in [2.45, 2.75) is 0 Å². The number of aromatic amines is 1. The van der Waals surface area contributed by atoms with Gasteiger partial charge in [0.15, 0.2) is 5.82 Å². The van der Waals surface area contributed by atoms with E-state index >= 15 is 0 Å². The third-order valence-electron chi connectivity index (χ3n) is 1.96. The predicted octanol–water partition coefficient (Wildman–Crippen LogP) is 1.88. The van der Waals surface area contributed by atoms with Crippen LogP contribution in [0.15, 0.2) is 30.6 Å². The van der Waals surface area contributed by atoms with Gasteiger partial charge in [0.2, 0.25) is 0 Å². The van der Waals surface area contributed by atoms with Crippen molar-refractivity contribution in [3.8, 4) is 0 Å². The van der Waals surface area contributed by atoms with E-state index in [1.807, 2.05) is 0 Å². The minimum atomic E-state index is -0.428. The Hall–Kier alpha value is -2.50. The molecule has 0 saturated carbocycles. The van der Waals surface area contributed by atoms with Gasteiger partial charge < -0.3 is 0 Å². The largest absolute Gasteiger partial charge is 0.269 e. The summed E-state index contributed by atoms with van der Waals surface area (Å²) in [6.07, 6.45) is 4.99. The Morgan fingerprint density at radius 3 is 2.56 bits per heavy atom. The van der Waals surface area contributed by atoms with Gasteiger partial charge in [-0.15, -0.1) is 0 Å². The van der Waals surface area contributed by atoms with Crippen molar-refractivity contribution < 1.29 is 4.92 Å². The Labute approximate surface area is 90.8 Å². The fourth-order valence-corrected chi connectivity index (χ4v) is 1.18. The molecule has 2 aromatic rings. The molecule has 1 aromatic heterocycles. The second-order valence-corrected chi connectivity index (χ2v) is 3.04. The van der Waals surface area contributed by atoms with E-state index in [0.29, 0.717) is 5.82 Å². The zero-order valence-electron chi connectivity index (χ0n) is 8.20. The molecule has 0 fully saturated rings. The Balaban J connectivity index is 2.14. The molecule has 1 aromatic carbocycles. The van der Waals surface area contributed by atoms with Crippen molar-refractivity contribution in [2.24, 2.45) is 0 Å². The second kappa shape index (κ2) is 4.35. The summed E-state index contributed by atoms with van der Waals surface area (Å²) in [6, 6.07) is 6.25. The van der Waals surface area contributed by atoms with Crippen LogP contribution in [0.25, 0.3) is 12.2 Å². The third-order valence-corrected chi connectivity index (χ3v) is 1.96.